The Hall–Kier alpha value is -6.49. The van der Waals surface area contributed by atoms with Crippen molar-refractivity contribution in [2.24, 2.45) is 0 Å². The summed E-state index contributed by atoms with van der Waals surface area (Å²) < 4.78 is 56.1. The van der Waals surface area contributed by atoms with Gasteiger partial charge in [-0.2, -0.15) is 5.10 Å². The lowest BCUT2D eigenvalue weighted by Crippen LogP contribution is -2.47. The smallest absolute Gasteiger partial charge is 0.269 e. The van der Waals surface area contributed by atoms with Gasteiger partial charge in [0.1, 0.15) is 23.3 Å². The van der Waals surface area contributed by atoms with E-state index in [1.807, 2.05) is 15.9 Å². The van der Waals surface area contributed by atoms with Gasteiger partial charge in [-0.25, -0.2) is 13.2 Å². The van der Waals surface area contributed by atoms with E-state index in [9.17, 15) is 19.2 Å². The largest absolute Gasteiger partial charge is 0.495 e. The van der Waals surface area contributed by atoms with Crippen LogP contribution in [-0.4, -0.2) is 115 Å². The van der Waals surface area contributed by atoms with Crippen molar-refractivity contribution >= 4 is 68.8 Å². The minimum atomic E-state index is -0.728. The number of nitrogens with one attached hydrogen (secondary N) is 3. The Morgan fingerprint density at radius 1 is 0.968 bits per heavy atom. The lowest BCUT2D eigenvalue weighted by atomic mass is 9.93. The monoisotopic (exact) mass is 871 g/mol. The van der Waals surface area contributed by atoms with Crippen LogP contribution in [0.4, 0.5) is 30.2 Å². The molecule has 0 spiro atoms. The first-order chi connectivity index (χ1) is 29.8. The molecule has 0 aliphatic carbocycles. The van der Waals surface area contributed by atoms with Crippen molar-refractivity contribution in [3.63, 3.8) is 0 Å². The van der Waals surface area contributed by atoms with E-state index in [0.29, 0.717) is 68.0 Å². The van der Waals surface area contributed by atoms with Crippen LogP contribution >= 0.6 is 11.6 Å². The van der Waals surface area contributed by atoms with Gasteiger partial charge >= 0.3 is 0 Å². The summed E-state index contributed by atoms with van der Waals surface area (Å²) >= 11 is 6.89. The summed E-state index contributed by atoms with van der Waals surface area (Å²) in [4.78, 5) is 59.9. The maximum absolute atomic E-state index is 16.7. The molecule has 0 radical (unpaired) electrons. The molecular formula is C44H45ClF3N9O5. The molecule has 5 heterocycles. The zero-order valence-corrected chi connectivity index (χ0v) is 35.1. The number of benzene rings is 3. The number of carbonyl (C=O) groups is 4. The van der Waals surface area contributed by atoms with Gasteiger partial charge in [0, 0.05) is 114 Å². The topological polar surface area (TPSA) is 148 Å². The number of carbonyl (C=O) groups excluding carboxylic acids is 4. The summed E-state index contributed by atoms with van der Waals surface area (Å²) in [5, 5.41) is 9.56. The van der Waals surface area contributed by atoms with E-state index in [-0.39, 0.29) is 88.0 Å². The fourth-order valence-corrected chi connectivity index (χ4v) is 8.55. The highest BCUT2D eigenvalue weighted by Gasteiger charge is 2.31. The summed E-state index contributed by atoms with van der Waals surface area (Å²) in [5.74, 6) is -2.89. The van der Waals surface area contributed by atoms with Crippen LogP contribution < -0.4 is 25.2 Å². The quantitative estimate of drug-likeness (QED) is 0.135. The second-order valence-corrected chi connectivity index (χ2v) is 16.1. The predicted octanol–water partition coefficient (Wildman–Crippen LogP) is 6.06. The van der Waals surface area contributed by atoms with E-state index >= 15 is 13.2 Å². The van der Waals surface area contributed by atoms with Crippen molar-refractivity contribution in [1.29, 1.82) is 0 Å². The average molecular weight is 872 g/mol. The molecule has 62 heavy (non-hydrogen) atoms. The SMILES string of the molecule is COc1cc(N2CCN(c3ccc(-c4cc(C5=CCCN(C(=O)CCn6cccn6)C5)c(F)c5[nH]c(C(=O)N(C)C)cc45)c(Cl)c3F)CC2)c(F)cc1NC1CCC(=O)NC1=O. The molecule has 1 unspecified atom stereocenters. The third-order valence-electron chi connectivity index (χ3n) is 11.6. The van der Waals surface area contributed by atoms with Crippen LogP contribution in [0.15, 0.2) is 60.9 Å². The number of methoxy groups -OCH3 is 1. The number of imide groups is 1. The Kier molecular flexibility index (Phi) is 11.9. The molecule has 14 nitrogen and oxygen atoms in total. The minimum absolute atomic E-state index is 0.0473. The molecule has 2 aromatic heterocycles. The highest BCUT2D eigenvalue weighted by Crippen LogP contribution is 2.42. The highest BCUT2D eigenvalue weighted by atomic mass is 35.5. The molecule has 3 aromatic carbocycles. The molecule has 2 saturated heterocycles. The number of aryl methyl sites for hydroxylation is 1. The first-order valence-corrected chi connectivity index (χ1v) is 20.7. The number of ether oxygens (including phenoxy) is 1. The van der Waals surface area contributed by atoms with Crippen LogP contribution in [0, 0.1) is 17.5 Å². The van der Waals surface area contributed by atoms with Crippen molar-refractivity contribution in [2.75, 3.05) is 75.6 Å². The zero-order valence-electron chi connectivity index (χ0n) is 34.4. The number of aromatic amines is 1. The number of piperazine rings is 1. The summed E-state index contributed by atoms with van der Waals surface area (Å²) in [6, 6.07) is 10.3. The first kappa shape index (κ1) is 42.2. The molecule has 3 aliphatic heterocycles. The van der Waals surface area contributed by atoms with Crippen LogP contribution in [-0.2, 0) is 20.9 Å². The lowest BCUT2D eigenvalue weighted by molar-refractivity contribution is -0.134. The van der Waals surface area contributed by atoms with E-state index in [1.165, 1.54) is 24.1 Å². The van der Waals surface area contributed by atoms with E-state index in [0.717, 1.165) is 0 Å². The number of piperidine rings is 1. The molecule has 3 aliphatic rings. The second-order valence-electron chi connectivity index (χ2n) is 15.7. The third-order valence-corrected chi connectivity index (χ3v) is 12.0. The molecule has 4 amide bonds. The molecule has 0 saturated carbocycles. The maximum atomic E-state index is 16.7. The highest BCUT2D eigenvalue weighted by molar-refractivity contribution is 6.34. The number of anilines is 3. The Labute approximate surface area is 360 Å². The number of fused-ring (bicyclic) bond motifs is 1. The second kappa shape index (κ2) is 17.5. The molecule has 8 rings (SSSR count). The number of H-pyrrole nitrogens is 1. The Morgan fingerprint density at radius 2 is 1.73 bits per heavy atom. The van der Waals surface area contributed by atoms with E-state index in [4.69, 9.17) is 16.3 Å². The number of aromatic nitrogens is 3. The van der Waals surface area contributed by atoms with E-state index in [2.05, 4.69) is 20.7 Å². The number of hydrogen-bond acceptors (Lipinski definition) is 9. The van der Waals surface area contributed by atoms with Gasteiger partial charge in [0.15, 0.2) is 11.6 Å². The van der Waals surface area contributed by atoms with E-state index in [1.54, 1.807) is 66.4 Å². The fraction of sp³-hybridized carbons (Fsp3) is 0.341. The number of rotatable bonds is 11. The predicted molar refractivity (Wildman–Crippen MR) is 230 cm³/mol. The van der Waals surface area contributed by atoms with Crippen LogP contribution in [0.25, 0.3) is 27.6 Å². The Bertz CT molecular complexity index is 2610. The number of nitrogens with zero attached hydrogens (tertiary/aromatic N) is 6. The van der Waals surface area contributed by atoms with E-state index < -0.39 is 29.4 Å². The zero-order chi connectivity index (χ0) is 43.8. The van der Waals surface area contributed by atoms with Gasteiger partial charge in [-0.3, -0.25) is 29.2 Å². The maximum Gasteiger partial charge on any atom is 0.269 e. The van der Waals surface area contributed by atoms with Crippen molar-refractivity contribution in [1.82, 2.24) is 29.9 Å². The molecular weight excluding hydrogens is 827 g/mol. The summed E-state index contributed by atoms with van der Waals surface area (Å²) in [5.41, 5.74) is 2.40. The molecule has 3 N–H and O–H groups in total. The molecule has 2 fully saturated rings. The van der Waals surface area contributed by atoms with Gasteiger partial charge in [-0.1, -0.05) is 23.7 Å². The Morgan fingerprint density at radius 3 is 2.42 bits per heavy atom. The fourth-order valence-electron chi connectivity index (χ4n) is 8.29. The lowest BCUT2D eigenvalue weighted by Gasteiger charge is -2.38. The Balaban J connectivity index is 1.04. The van der Waals surface area contributed by atoms with Crippen molar-refractivity contribution < 1.29 is 37.1 Å². The van der Waals surface area contributed by atoms with Gasteiger partial charge in [-0.15, -0.1) is 0 Å². The van der Waals surface area contributed by atoms with Crippen LogP contribution in [0.2, 0.25) is 5.02 Å². The standard InChI is InChI=1S/C44H45ClF3N9O5/c1-53(2)44(61)33-21-29-28(20-27(40(47)42(29)51-33)25-6-4-13-56(24-25)38(59)11-15-57-14-5-12-49-57)26-7-9-34(41(48)39(26)45)54-16-18-55(19-17-54)35-23-36(62-3)32(22-30(35)46)50-31-8-10-37(58)52-43(31)60/h5-7,9,12,14,20-23,31,50-51H,4,8,10-11,13,15-19,24H2,1-3H3,(H,52,58,60). The van der Waals surface area contributed by atoms with Gasteiger partial charge in [0.2, 0.25) is 17.7 Å². The van der Waals surface area contributed by atoms with Gasteiger partial charge < -0.3 is 34.6 Å². The van der Waals surface area contributed by atoms with Crippen LogP contribution in [0.1, 0.15) is 41.7 Å². The molecule has 5 aromatic rings. The third kappa shape index (κ3) is 8.28. The van der Waals surface area contributed by atoms with Crippen molar-refractivity contribution in [2.45, 2.75) is 38.3 Å². The molecule has 18 heteroatoms. The van der Waals surface area contributed by atoms with Gasteiger partial charge in [-0.05, 0) is 48.2 Å². The van der Waals surface area contributed by atoms with Crippen LogP contribution in [0.3, 0.4) is 0 Å². The normalized spacial score (nSPS) is 17.0. The summed E-state index contributed by atoms with van der Waals surface area (Å²) in [6.07, 6.45) is 6.44. The minimum Gasteiger partial charge on any atom is -0.495 e. The van der Waals surface area contributed by atoms with Gasteiger partial charge in [0.25, 0.3) is 5.91 Å². The molecule has 1 atom stereocenters. The summed E-state index contributed by atoms with van der Waals surface area (Å²) in [6.45, 7) is 2.30. The number of halogens is 4. The van der Waals surface area contributed by atoms with Crippen molar-refractivity contribution in [3.05, 3.63) is 94.7 Å². The molecule has 0 bridgehead atoms. The van der Waals surface area contributed by atoms with Crippen LogP contribution in [0.5, 0.6) is 5.75 Å². The number of hydrogen-bond donors (Lipinski definition) is 3. The number of amides is 4. The molecule has 324 valence electrons. The van der Waals surface area contributed by atoms with Crippen molar-refractivity contribution in [3.8, 4) is 16.9 Å². The average Bonchev–Trinajstić information content (AvgIpc) is 3.97. The van der Waals surface area contributed by atoms with Gasteiger partial charge in [0.05, 0.1) is 34.7 Å². The summed E-state index contributed by atoms with van der Waals surface area (Å²) in [7, 11) is 4.60. The first-order valence-electron chi connectivity index (χ1n) is 20.3.